The zero-order valence-corrected chi connectivity index (χ0v) is 16.6. The number of aromatic nitrogens is 2. The van der Waals surface area contributed by atoms with Crippen molar-refractivity contribution in [2.75, 3.05) is 6.54 Å². The Kier molecular flexibility index (Phi) is 6.51. The van der Waals surface area contributed by atoms with E-state index in [0.717, 1.165) is 6.42 Å². The molecule has 1 amide bonds. The molecule has 9 heteroatoms. The van der Waals surface area contributed by atoms with Gasteiger partial charge in [0.05, 0.1) is 4.92 Å². The van der Waals surface area contributed by atoms with Crippen LogP contribution < -0.4 is 0 Å². The first-order valence-electron chi connectivity index (χ1n) is 9.53. The van der Waals surface area contributed by atoms with E-state index in [1.807, 2.05) is 13.8 Å². The van der Waals surface area contributed by atoms with Crippen LogP contribution in [0.5, 0.6) is 0 Å². The van der Waals surface area contributed by atoms with Crippen molar-refractivity contribution in [1.82, 2.24) is 15.0 Å². The zero-order valence-electron chi connectivity index (χ0n) is 16.6. The molecular weight excluding hydrogens is 391 g/mol. The highest BCUT2D eigenvalue weighted by Crippen LogP contribution is 2.22. The van der Waals surface area contributed by atoms with Crippen molar-refractivity contribution < 1.29 is 18.6 Å². The maximum absolute atomic E-state index is 13.5. The van der Waals surface area contributed by atoms with Gasteiger partial charge in [0, 0.05) is 42.3 Å². The van der Waals surface area contributed by atoms with Crippen molar-refractivity contribution in [2.24, 2.45) is 0 Å². The van der Waals surface area contributed by atoms with Gasteiger partial charge in [-0.3, -0.25) is 14.9 Å². The van der Waals surface area contributed by atoms with E-state index in [1.54, 1.807) is 23.1 Å². The quantitative estimate of drug-likeness (QED) is 0.404. The van der Waals surface area contributed by atoms with E-state index in [2.05, 4.69) is 10.1 Å². The SMILES string of the molecule is CCC(C)N(CCc1nc(-c2cccc([N+](=O)[O-])c2)no1)C(=O)c1cccc(F)c1. The average Bonchev–Trinajstić information content (AvgIpc) is 3.22. The lowest BCUT2D eigenvalue weighted by Crippen LogP contribution is -2.39. The predicted octanol–water partition coefficient (Wildman–Crippen LogP) is 4.27. The molecule has 30 heavy (non-hydrogen) atoms. The first kappa shape index (κ1) is 21.1. The summed E-state index contributed by atoms with van der Waals surface area (Å²) in [7, 11) is 0. The number of rotatable bonds is 8. The van der Waals surface area contributed by atoms with Crippen LogP contribution in [0.4, 0.5) is 10.1 Å². The highest BCUT2D eigenvalue weighted by molar-refractivity contribution is 5.94. The molecule has 1 aromatic heterocycles. The number of hydrogen-bond acceptors (Lipinski definition) is 6. The Hall–Kier alpha value is -3.62. The summed E-state index contributed by atoms with van der Waals surface area (Å²) in [5.41, 5.74) is 0.675. The van der Waals surface area contributed by atoms with Crippen molar-refractivity contribution >= 4 is 11.6 Å². The third-order valence-corrected chi connectivity index (χ3v) is 4.81. The lowest BCUT2D eigenvalue weighted by molar-refractivity contribution is -0.384. The van der Waals surface area contributed by atoms with Crippen LogP contribution in [0.15, 0.2) is 53.1 Å². The molecule has 0 radical (unpaired) electrons. The molecule has 0 aliphatic heterocycles. The third kappa shape index (κ3) is 4.86. The highest BCUT2D eigenvalue weighted by Gasteiger charge is 2.22. The molecular formula is C21H21FN4O4. The predicted molar refractivity (Wildman–Crippen MR) is 107 cm³/mol. The molecule has 0 saturated carbocycles. The Morgan fingerprint density at radius 2 is 2.03 bits per heavy atom. The molecule has 8 nitrogen and oxygen atoms in total. The monoisotopic (exact) mass is 412 g/mol. The fourth-order valence-corrected chi connectivity index (χ4v) is 2.98. The van der Waals surface area contributed by atoms with Crippen LogP contribution >= 0.6 is 0 Å². The number of nitrogens with zero attached hydrogens (tertiary/aromatic N) is 4. The summed E-state index contributed by atoms with van der Waals surface area (Å²) in [5.74, 6) is -0.206. The van der Waals surface area contributed by atoms with Crippen molar-refractivity contribution in [3.63, 3.8) is 0 Å². The zero-order chi connectivity index (χ0) is 21.7. The Bertz CT molecular complexity index is 1050. The standard InChI is InChI=1S/C21H21FN4O4/c1-3-14(2)25(21(27)16-7-4-8-17(22)12-16)11-10-19-23-20(24-30-19)15-6-5-9-18(13-15)26(28)29/h4-9,12-14H,3,10-11H2,1-2H3. The van der Waals surface area contributed by atoms with Gasteiger partial charge in [-0.25, -0.2) is 4.39 Å². The molecule has 0 spiro atoms. The molecule has 0 saturated heterocycles. The Labute approximate surface area is 172 Å². The number of hydrogen-bond donors (Lipinski definition) is 0. The van der Waals surface area contributed by atoms with Gasteiger partial charge in [0.1, 0.15) is 5.82 Å². The number of nitro benzene ring substituents is 1. The third-order valence-electron chi connectivity index (χ3n) is 4.81. The van der Waals surface area contributed by atoms with Crippen molar-refractivity contribution in [3.05, 3.63) is 75.9 Å². The smallest absolute Gasteiger partial charge is 0.270 e. The summed E-state index contributed by atoms with van der Waals surface area (Å²) < 4.78 is 18.8. The van der Waals surface area contributed by atoms with E-state index in [0.29, 0.717) is 24.4 Å². The van der Waals surface area contributed by atoms with Crippen molar-refractivity contribution in [3.8, 4) is 11.4 Å². The van der Waals surface area contributed by atoms with Crippen molar-refractivity contribution in [1.29, 1.82) is 0 Å². The second kappa shape index (κ2) is 9.25. The summed E-state index contributed by atoms with van der Waals surface area (Å²) in [6.07, 6.45) is 1.02. The van der Waals surface area contributed by atoms with Crippen LogP contribution in [-0.4, -0.2) is 38.5 Å². The van der Waals surface area contributed by atoms with Gasteiger partial charge in [0.2, 0.25) is 11.7 Å². The minimum atomic E-state index is -0.494. The fraction of sp³-hybridized carbons (Fsp3) is 0.286. The summed E-state index contributed by atoms with van der Waals surface area (Å²) >= 11 is 0. The van der Waals surface area contributed by atoms with E-state index in [1.165, 1.54) is 30.3 Å². The number of carbonyl (C=O) groups excluding carboxylic acids is 1. The average molecular weight is 412 g/mol. The van der Waals surface area contributed by atoms with E-state index >= 15 is 0 Å². The molecule has 156 valence electrons. The second-order valence-electron chi connectivity index (χ2n) is 6.84. The summed E-state index contributed by atoms with van der Waals surface area (Å²) in [4.78, 5) is 29.3. The first-order chi connectivity index (χ1) is 14.4. The van der Waals surface area contributed by atoms with Crippen LogP contribution in [0.2, 0.25) is 0 Å². The molecule has 0 aliphatic carbocycles. The Morgan fingerprint density at radius 3 is 2.73 bits per heavy atom. The number of halogens is 1. The molecule has 0 bridgehead atoms. The molecule has 3 aromatic rings. The van der Waals surface area contributed by atoms with Gasteiger partial charge >= 0.3 is 0 Å². The molecule has 0 N–H and O–H groups in total. The highest BCUT2D eigenvalue weighted by atomic mass is 19.1. The second-order valence-corrected chi connectivity index (χ2v) is 6.84. The topological polar surface area (TPSA) is 102 Å². The number of non-ortho nitro benzene ring substituents is 1. The Morgan fingerprint density at radius 1 is 1.27 bits per heavy atom. The Balaban J connectivity index is 1.74. The molecule has 0 aliphatic rings. The van der Waals surface area contributed by atoms with E-state index < -0.39 is 10.7 Å². The van der Waals surface area contributed by atoms with E-state index in [4.69, 9.17) is 4.52 Å². The number of benzene rings is 2. The summed E-state index contributed by atoms with van der Waals surface area (Å²) in [6, 6.07) is 11.5. The van der Waals surface area contributed by atoms with Crippen LogP contribution in [0.25, 0.3) is 11.4 Å². The van der Waals surface area contributed by atoms with Crippen LogP contribution in [0.3, 0.4) is 0 Å². The van der Waals surface area contributed by atoms with Gasteiger partial charge in [0.15, 0.2) is 0 Å². The number of nitro groups is 1. The van der Waals surface area contributed by atoms with Gasteiger partial charge in [-0.1, -0.05) is 30.3 Å². The maximum Gasteiger partial charge on any atom is 0.270 e. The number of carbonyl (C=O) groups is 1. The summed E-state index contributed by atoms with van der Waals surface area (Å²) in [6.45, 7) is 4.18. The molecule has 2 aromatic carbocycles. The molecule has 1 heterocycles. The largest absolute Gasteiger partial charge is 0.339 e. The molecule has 0 fully saturated rings. The first-order valence-corrected chi connectivity index (χ1v) is 9.53. The van der Waals surface area contributed by atoms with Gasteiger partial charge < -0.3 is 9.42 Å². The van der Waals surface area contributed by atoms with Gasteiger partial charge in [-0.05, 0) is 31.5 Å². The van der Waals surface area contributed by atoms with Gasteiger partial charge in [-0.15, -0.1) is 0 Å². The van der Waals surface area contributed by atoms with Crippen LogP contribution in [-0.2, 0) is 6.42 Å². The number of amides is 1. The summed E-state index contributed by atoms with van der Waals surface area (Å²) in [5, 5.41) is 14.8. The lowest BCUT2D eigenvalue weighted by Gasteiger charge is -2.28. The minimum absolute atomic E-state index is 0.0671. The van der Waals surface area contributed by atoms with Crippen LogP contribution in [0.1, 0.15) is 36.5 Å². The molecule has 1 unspecified atom stereocenters. The van der Waals surface area contributed by atoms with Crippen molar-refractivity contribution in [2.45, 2.75) is 32.7 Å². The van der Waals surface area contributed by atoms with Crippen LogP contribution in [0, 0.1) is 15.9 Å². The lowest BCUT2D eigenvalue weighted by atomic mass is 10.1. The van der Waals surface area contributed by atoms with Gasteiger partial charge in [0.25, 0.3) is 11.6 Å². The normalized spacial score (nSPS) is 11.8. The fourth-order valence-electron chi connectivity index (χ4n) is 2.98. The maximum atomic E-state index is 13.5. The van der Waals surface area contributed by atoms with E-state index in [9.17, 15) is 19.3 Å². The molecule has 1 atom stereocenters. The van der Waals surface area contributed by atoms with Gasteiger partial charge in [-0.2, -0.15) is 4.98 Å². The molecule has 3 rings (SSSR count). The minimum Gasteiger partial charge on any atom is -0.339 e. The van der Waals surface area contributed by atoms with E-state index in [-0.39, 0.29) is 29.0 Å².